The maximum absolute atomic E-state index is 12.6. The molecule has 0 aromatic heterocycles. The lowest BCUT2D eigenvalue weighted by Crippen LogP contribution is -2.43. The van der Waals surface area contributed by atoms with Crippen molar-refractivity contribution in [3.63, 3.8) is 0 Å². The van der Waals surface area contributed by atoms with Crippen LogP contribution in [0.4, 0.5) is 0 Å². The van der Waals surface area contributed by atoms with Gasteiger partial charge in [0.1, 0.15) is 0 Å². The Bertz CT molecular complexity index is 775. The molecule has 142 valence electrons. The monoisotopic (exact) mass is 398 g/mol. The molecule has 2 aliphatic rings. The minimum Gasteiger partial charge on any atom is -0.352 e. The second-order valence-electron chi connectivity index (χ2n) is 6.96. The van der Waals surface area contributed by atoms with Gasteiger partial charge in [-0.25, -0.2) is 8.42 Å². The van der Waals surface area contributed by atoms with Crippen LogP contribution in [0.2, 0.25) is 5.02 Å². The van der Waals surface area contributed by atoms with Gasteiger partial charge in [-0.2, -0.15) is 0 Å². The van der Waals surface area contributed by atoms with E-state index >= 15 is 0 Å². The molecule has 1 saturated heterocycles. The minimum atomic E-state index is -3.01. The van der Waals surface area contributed by atoms with Crippen molar-refractivity contribution in [2.45, 2.75) is 44.2 Å². The first-order valence-corrected chi connectivity index (χ1v) is 11.1. The van der Waals surface area contributed by atoms with E-state index in [-0.39, 0.29) is 35.4 Å². The number of hydrogen-bond donors (Lipinski definition) is 1. The maximum atomic E-state index is 12.6. The van der Waals surface area contributed by atoms with Crippen molar-refractivity contribution < 1.29 is 18.0 Å². The van der Waals surface area contributed by atoms with Gasteiger partial charge in [-0.15, -0.1) is 0 Å². The number of carbonyl (C=O) groups is 2. The van der Waals surface area contributed by atoms with E-state index in [9.17, 15) is 18.0 Å². The highest BCUT2D eigenvalue weighted by atomic mass is 35.5. The van der Waals surface area contributed by atoms with Crippen LogP contribution in [-0.4, -0.2) is 55.3 Å². The summed E-state index contributed by atoms with van der Waals surface area (Å²) in [6, 6.07) is 6.64. The number of sulfone groups is 1. The first kappa shape index (κ1) is 19.2. The van der Waals surface area contributed by atoms with Gasteiger partial charge in [0.2, 0.25) is 5.91 Å². The Morgan fingerprint density at radius 3 is 2.38 bits per heavy atom. The number of amides is 2. The van der Waals surface area contributed by atoms with Crippen molar-refractivity contribution in [3.8, 4) is 0 Å². The maximum Gasteiger partial charge on any atom is 0.251 e. The topological polar surface area (TPSA) is 83.6 Å². The Hall–Kier alpha value is -1.60. The van der Waals surface area contributed by atoms with Crippen LogP contribution in [0, 0.1) is 0 Å². The summed E-state index contributed by atoms with van der Waals surface area (Å²) in [6.07, 6.45) is 3.29. The average Bonchev–Trinajstić information content (AvgIpc) is 3.35. The van der Waals surface area contributed by atoms with Crippen molar-refractivity contribution in [1.82, 2.24) is 10.2 Å². The highest BCUT2D eigenvalue weighted by Crippen LogP contribution is 2.32. The molecule has 1 aromatic carbocycles. The van der Waals surface area contributed by atoms with E-state index < -0.39 is 9.84 Å². The van der Waals surface area contributed by atoms with E-state index in [1.54, 1.807) is 29.2 Å². The predicted molar refractivity (Wildman–Crippen MR) is 99.9 cm³/mol. The van der Waals surface area contributed by atoms with Gasteiger partial charge in [-0.3, -0.25) is 9.59 Å². The van der Waals surface area contributed by atoms with Crippen molar-refractivity contribution in [2.24, 2.45) is 0 Å². The van der Waals surface area contributed by atoms with Crippen LogP contribution in [-0.2, 0) is 14.6 Å². The average molecular weight is 399 g/mol. The Balaban J connectivity index is 1.45. The highest BCUT2D eigenvalue weighted by molar-refractivity contribution is 7.91. The number of benzene rings is 1. The van der Waals surface area contributed by atoms with Gasteiger partial charge in [0.15, 0.2) is 9.84 Å². The van der Waals surface area contributed by atoms with E-state index in [0.29, 0.717) is 36.4 Å². The molecule has 1 N–H and O–H groups in total. The molecule has 1 heterocycles. The number of nitrogens with zero attached hydrogens (tertiary/aromatic N) is 1. The minimum absolute atomic E-state index is 0.00431. The zero-order chi connectivity index (χ0) is 18.7. The number of nitrogens with one attached hydrogen (secondary N) is 1. The normalized spacial score (nSPS) is 21.3. The van der Waals surface area contributed by atoms with Crippen LogP contribution < -0.4 is 5.32 Å². The van der Waals surface area contributed by atoms with Crippen molar-refractivity contribution >= 4 is 33.3 Å². The number of halogens is 1. The molecule has 8 heteroatoms. The summed E-state index contributed by atoms with van der Waals surface area (Å²) in [5.41, 5.74) is 0.525. The fraction of sp³-hybridized carbons (Fsp3) is 0.556. The molecule has 0 spiro atoms. The third-order valence-electron chi connectivity index (χ3n) is 4.79. The van der Waals surface area contributed by atoms with E-state index in [1.165, 1.54) is 0 Å². The standard InChI is InChI=1S/C18H23ClN2O4S/c19-14-5-3-13(4-6-14)18(23)20-10-1-2-17(22)21(15-7-8-15)16-9-11-26(24,25)12-16/h3-6,15-16H,1-2,7-12H2,(H,20,23). The van der Waals surface area contributed by atoms with Crippen LogP contribution in [0.1, 0.15) is 42.5 Å². The Kier molecular flexibility index (Phi) is 5.87. The van der Waals surface area contributed by atoms with Gasteiger partial charge in [0, 0.05) is 35.6 Å². The molecule has 0 bridgehead atoms. The molecule has 1 aromatic rings. The molecule has 1 atom stereocenters. The van der Waals surface area contributed by atoms with E-state index in [4.69, 9.17) is 11.6 Å². The van der Waals surface area contributed by atoms with Gasteiger partial charge >= 0.3 is 0 Å². The summed E-state index contributed by atoms with van der Waals surface area (Å²) in [5, 5.41) is 3.36. The summed E-state index contributed by atoms with van der Waals surface area (Å²) in [5.74, 6) is 0.0545. The van der Waals surface area contributed by atoms with E-state index in [1.807, 2.05) is 0 Å². The summed E-state index contributed by atoms with van der Waals surface area (Å²) >= 11 is 5.80. The molecule has 6 nitrogen and oxygen atoms in total. The molecular formula is C18H23ClN2O4S. The number of hydrogen-bond acceptors (Lipinski definition) is 4. The molecule has 26 heavy (non-hydrogen) atoms. The van der Waals surface area contributed by atoms with Crippen molar-refractivity contribution in [1.29, 1.82) is 0 Å². The lowest BCUT2D eigenvalue weighted by molar-refractivity contribution is -0.133. The summed E-state index contributed by atoms with van der Waals surface area (Å²) in [6.45, 7) is 0.397. The fourth-order valence-electron chi connectivity index (χ4n) is 3.33. The second kappa shape index (κ2) is 7.96. The SMILES string of the molecule is O=C(NCCCC(=O)N(C1CC1)C1CCS(=O)(=O)C1)c1ccc(Cl)cc1. The van der Waals surface area contributed by atoms with Crippen LogP contribution in [0.25, 0.3) is 0 Å². The fourth-order valence-corrected chi connectivity index (χ4v) is 5.16. The van der Waals surface area contributed by atoms with Gasteiger partial charge in [-0.1, -0.05) is 11.6 Å². The zero-order valence-corrected chi connectivity index (χ0v) is 16.1. The van der Waals surface area contributed by atoms with Gasteiger partial charge in [0.05, 0.1) is 11.5 Å². The molecule has 1 saturated carbocycles. The Morgan fingerprint density at radius 1 is 1.12 bits per heavy atom. The third-order valence-corrected chi connectivity index (χ3v) is 6.79. The van der Waals surface area contributed by atoms with E-state index in [2.05, 4.69) is 5.32 Å². The zero-order valence-electron chi connectivity index (χ0n) is 14.5. The molecule has 2 amide bonds. The molecule has 1 unspecified atom stereocenters. The smallest absolute Gasteiger partial charge is 0.251 e. The molecule has 2 fully saturated rings. The Labute approximate surface area is 158 Å². The molecule has 1 aliphatic carbocycles. The summed E-state index contributed by atoms with van der Waals surface area (Å²) in [7, 11) is -3.01. The quantitative estimate of drug-likeness (QED) is 0.712. The van der Waals surface area contributed by atoms with Crippen molar-refractivity contribution in [3.05, 3.63) is 34.9 Å². The van der Waals surface area contributed by atoms with Crippen LogP contribution in [0.3, 0.4) is 0 Å². The lowest BCUT2D eigenvalue weighted by Gasteiger charge is -2.28. The molecule has 0 radical (unpaired) electrons. The van der Waals surface area contributed by atoms with Crippen LogP contribution in [0.15, 0.2) is 24.3 Å². The first-order valence-electron chi connectivity index (χ1n) is 8.91. The molecule has 3 rings (SSSR count). The largest absolute Gasteiger partial charge is 0.352 e. The summed E-state index contributed by atoms with van der Waals surface area (Å²) < 4.78 is 23.4. The summed E-state index contributed by atoms with van der Waals surface area (Å²) in [4.78, 5) is 26.4. The molecular weight excluding hydrogens is 376 g/mol. The second-order valence-corrected chi connectivity index (χ2v) is 9.62. The number of carbonyl (C=O) groups excluding carboxylic acids is 2. The lowest BCUT2D eigenvalue weighted by atomic mass is 10.1. The van der Waals surface area contributed by atoms with Crippen LogP contribution in [0.5, 0.6) is 0 Å². The van der Waals surface area contributed by atoms with Gasteiger partial charge in [-0.05, 0) is 49.9 Å². The van der Waals surface area contributed by atoms with E-state index in [0.717, 1.165) is 12.8 Å². The van der Waals surface area contributed by atoms with Crippen LogP contribution >= 0.6 is 11.6 Å². The molecule has 1 aliphatic heterocycles. The van der Waals surface area contributed by atoms with Gasteiger partial charge in [0.25, 0.3) is 5.91 Å². The Morgan fingerprint density at radius 2 is 1.81 bits per heavy atom. The van der Waals surface area contributed by atoms with Gasteiger partial charge < -0.3 is 10.2 Å². The van der Waals surface area contributed by atoms with Crippen molar-refractivity contribution in [2.75, 3.05) is 18.1 Å². The predicted octanol–water partition coefficient (Wildman–Crippen LogP) is 2.03. The highest BCUT2D eigenvalue weighted by Gasteiger charge is 2.41. The first-order chi connectivity index (χ1) is 12.4. The number of rotatable bonds is 7. The third kappa shape index (κ3) is 4.98.